The summed E-state index contributed by atoms with van der Waals surface area (Å²) in [5.74, 6) is 1.76. The number of H-pyrrole nitrogens is 1. The summed E-state index contributed by atoms with van der Waals surface area (Å²) in [4.78, 5) is 25.4. The number of nitrogens with one attached hydrogen (secondary N) is 1. The minimum absolute atomic E-state index is 0.330. The van der Waals surface area contributed by atoms with E-state index in [2.05, 4.69) is 25.4 Å². The smallest absolute Gasteiger partial charge is 0.419 e. The Hall–Kier alpha value is -6.70. The van der Waals surface area contributed by atoms with Crippen molar-refractivity contribution in [3.63, 3.8) is 0 Å². The molecule has 0 amide bonds. The van der Waals surface area contributed by atoms with Gasteiger partial charge in [0.25, 0.3) is 11.8 Å². The van der Waals surface area contributed by atoms with E-state index >= 15 is 0 Å². The molecule has 0 aliphatic carbocycles. The van der Waals surface area contributed by atoms with Gasteiger partial charge in [-0.1, -0.05) is 24.3 Å². The molecule has 0 atom stereocenters. The number of rotatable bonds is 6. The number of hydrogen-bond donors (Lipinski definition) is 1. The lowest BCUT2D eigenvalue weighted by Gasteiger charge is -2.03. The van der Waals surface area contributed by atoms with E-state index in [1.165, 1.54) is 4.57 Å². The predicted molar refractivity (Wildman–Crippen MR) is 169 cm³/mol. The van der Waals surface area contributed by atoms with Crippen LogP contribution in [0.15, 0.2) is 112 Å². The van der Waals surface area contributed by atoms with E-state index in [1.54, 1.807) is 57.7 Å². The number of benzene rings is 4. The van der Waals surface area contributed by atoms with E-state index in [0.29, 0.717) is 79.5 Å². The van der Waals surface area contributed by atoms with Gasteiger partial charge >= 0.3 is 11.5 Å². The van der Waals surface area contributed by atoms with Crippen LogP contribution in [-0.4, -0.2) is 44.2 Å². The van der Waals surface area contributed by atoms with E-state index in [4.69, 9.17) is 27.1 Å². The molecule has 8 aromatic rings. The number of para-hydroxylation sites is 2. The minimum Gasteiger partial charge on any atom is -0.496 e. The van der Waals surface area contributed by atoms with Crippen molar-refractivity contribution < 1.29 is 27.1 Å². The number of methoxy groups -OCH3 is 2. The second kappa shape index (κ2) is 12.0. The second-order valence-corrected chi connectivity index (χ2v) is 10.1. The maximum Gasteiger partial charge on any atom is 0.419 e. The molecule has 1 N–H and O–H groups in total. The maximum atomic E-state index is 11.6. The van der Waals surface area contributed by atoms with Gasteiger partial charge in [0, 0.05) is 18.2 Å². The molecule has 4 aromatic carbocycles. The highest BCUT2D eigenvalue weighted by atomic mass is 16.5. The van der Waals surface area contributed by atoms with Crippen LogP contribution in [0.4, 0.5) is 0 Å². The molecule has 0 aliphatic rings. The summed E-state index contributed by atoms with van der Waals surface area (Å²) in [6, 6.07) is 25.2. The van der Waals surface area contributed by atoms with Crippen LogP contribution in [-0.2, 0) is 7.05 Å². The van der Waals surface area contributed by atoms with E-state index < -0.39 is 11.5 Å². The Morgan fingerprint density at radius 2 is 1.15 bits per heavy atom. The van der Waals surface area contributed by atoms with Gasteiger partial charge in [-0.15, -0.1) is 20.4 Å². The Kier molecular flexibility index (Phi) is 7.42. The third kappa shape index (κ3) is 5.55. The molecule has 0 saturated carbocycles. The molecule has 14 nitrogen and oxygen atoms in total. The van der Waals surface area contributed by atoms with E-state index in [0.717, 1.165) is 0 Å². The summed E-state index contributed by atoms with van der Waals surface area (Å²) in [7, 11) is 4.82. The molecule has 4 heterocycles. The van der Waals surface area contributed by atoms with Crippen LogP contribution in [0, 0.1) is 0 Å². The minimum atomic E-state index is -0.502. The number of hydrogen-bond acceptors (Lipinski definition) is 12. The highest BCUT2D eigenvalue weighted by molar-refractivity contribution is 5.79. The van der Waals surface area contributed by atoms with Gasteiger partial charge in [-0.25, -0.2) is 9.59 Å². The Morgan fingerprint density at radius 3 is 1.74 bits per heavy atom. The normalized spacial score (nSPS) is 11.0. The summed E-state index contributed by atoms with van der Waals surface area (Å²) >= 11 is 0. The van der Waals surface area contributed by atoms with Crippen molar-refractivity contribution in [1.82, 2.24) is 29.9 Å². The van der Waals surface area contributed by atoms with Crippen LogP contribution >= 0.6 is 0 Å². The van der Waals surface area contributed by atoms with Crippen molar-refractivity contribution in [3.8, 4) is 57.3 Å². The van der Waals surface area contributed by atoms with E-state index in [-0.39, 0.29) is 0 Å². The first-order valence-electron chi connectivity index (χ1n) is 14.1. The summed E-state index contributed by atoms with van der Waals surface area (Å²) in [6.45, 7) is 0. The SMILES string of the molecule is COc1ccccc1-c1nnc(-c2ccc3[nH]c(=O)oc3c2)o1.COc1ccccc1-c1nnc(-c2ccc3c(c2)oc(=O)n3C)o1. The largest absolute Gasteiger partial charge is 0.496 e. The fourth-order valence-electron chi connectivity index (χ4n) is 4.89. The van der Waals surface area contributed by atoms with Gasteiger partial charge in [-0.05, 0) is 60.7 Å². The summed E-state index contributed by atoms with van der Waals surface area (Å²) in [5, 5.41) is 16.3. The molecule has 0 unspecified atom stereocenters. The Balaban J connectivity index is 0.000000150. The predicted octanol–water partition coefficient (Wildman–Crippen LogP) is 5.70. The Bertz CT molecular complexity index is 2480. The van der Waals surface area contributed by atoms with Crippen LogP contribution in [0.25, 0.3) is 68.0 Å². The van der Waals surface area contributed by atoms with Crippen molar-refractivity contribution in [3.05, 3.63) is 106 Å². The van der Waals surface area contributed by atoms with Crippen molar-refractivity contribution in [2.45, 2.75) is 0 Å². The summed E-state index contributed by atoms with van der Waals surface area (Å²) in [5.41, 5.74) is 4.98. The number of ether oxygens (including phenoxy) is 2. The third-order valence-electron chi connectivity index (χ3n) is 7.23. The van der Waals surface area contributed by atoms with E-state index in [1.807, 2.05) is 48.5 Å². The van der Waals surface area contributed by atoms with Crippen LogP contribution < -0.4 is 21.0 Å². The zero-order valence-corrected chi connectivity index (χ0v) is 25.1. The van der Waals surface area contributed by atoms with Gasteiger partial charge in [0.2, 0.25) is 11.8 Å². The molecule has 0 spiro atoms. The quantitative estimate of drug-likeness (QED) is 0.237. The standard InChI is InChI=1S/C17H13N3O4.C16H11N3O4/c1-20-12-8-7-10(9-14(12)23-17(20)21)15-18-19-16(24-15)11-5-3-4-6-13(11)22-2;1-21-12-5-3-2-4-10(12)15-19-18-14(23-15)9-6-7-11-13(8-9)22-16(20)17-11/h3-9H,1-2H3;2-8H,1H3,(H,17,20). The topological polar surface area (TPSA) is 177 Å². The fourth-order valence-corrected chi connectivity index (χ4v) is 4.89. The third-order valence-corrected chi connectivity index (χ3v) is 7.23. The number of aromatic nitrogens is 6. The highest BCUT2D eigenvalue weighted by Crippen LogP contribution is 2.32. The van der Waals surface area contributed by atoms with Gasteiger partial charge in [0.15, 0.2) is 11.2 Å². The van der Waals surface area contributed by atoms with Crippen molar-refractivity contribution in [2.24, 2.45) is 7.05 Å². The van der Waals surface area contributed by atoms with Gasteiger partial charge in [0.1, 0.15) is 11.5 Å². The molecule has 0 fully saturated rings. The van der Waals surface area contributed by atoms with Crippen molar-refractivity contribution in [1.29, 1.82) is 0 Å². The molecule has 14 heteroatoms. The molecule has 234 valence electrons. The van der Waals surface area contributed by atoms with Crippen LogP contribution in [0.3, 0.4) is 0 Å². The molecule has 8 rings (SSSR count). The maximum absolute atomic E-state index is 11.6. The zero-order chi connectivity index (χ0) is 32.5. The highest BCUT2D eigenvalue weighted by Gasteiger charge is 2.17. The average molecular weight is 633 g/mol. The fraction of sp³-hybridized carbons (Fsp3) is 0.0909. The lowest BCUT2D eigenvalue weighted by atomic mass is 10.2. The molecule has 0 saturated heterocycles. The summed E-state index contributed by atoms with van der Waals surface area (Å²) < 4.78 is 33.7. The van der Waals surface area contributed by atoms with Gasteiger partial charge in [-0.2, -0.15) is 0 Å². The molecule has 0 bridgehead atoms. The van der Waals surface area contributed by atoms with Crippen molar-refractivity contribution in [2.75, 3.05) is 14.2 Å². The lowest BCUT2D eigenvalue weighted by molar-refractivity contribution is 0.414. The molecule has 0 radical (unpaired) electrons. The second-order valence-electron chi connectivity index (χ2n) is 10.1. The van der Waals surface area contributed by atoms with Crippen molar-refractivity contribution >= 4 is 22.2 Å². The molecule has 0 aliphatic heterocycles. The Labute approximate surface area is 263 Å². The van der Waals surface area contributed by atoms with Crippen LogP contribution in [0.5, 0.6) is 11.5 Å². The van der Waals surface area contributed by atoms with Gasteiger partial charge < -0.3 is 27.1 Å². The molecule has 47 heavy (non-hydrogen) atoms. The molecule has 4 aromatic heterocycles. The first-order valence-corrected chi connectivity index (χ1v) is 14.1. The number of oxazole rings is 2. The average Bonchev–Trinajstić information content (AvgIpc) is 3.91. The Morgan fingerprint density at radius 1 is 0.617 bits per heavy atom. The number of aromatic amines is 1. The molecular weight excluding hydrogens is 608 g/mol. The van der Waals surface area contributed by atoms with Crippen LogP contribution in [0.2, 0.25) is 0 Å². The lowest BCUT2D eigenvalue weighted by Crippen LogP contribution is -2.08. The number of nitrogens with zero attached hydrogens (tertiary/aromatic N) is 5. The number of fused-ring (bicyclic) bond motifs is 2. The summed E-state index contributed by atoms with van der Waals surface area (Å²) in [6.07, 6.45) is 0. The van der Waals surface area contributed by atoms with Gasteiger partial charge in [0.05, 0.1) is 36.4 Å². The first kappa shape index (κ1) is 29.0. The first-order chi connectivity index (χ1) is 22.9. The number of aryl methyl sites for hydroxylation is 1. The van der Waals surface area contributed by atoms with Gasteiger partial charge in [-0.3, -0.25) is 9.55 Å². The molecular formula is C33H24N6O8. The van der Waals surface area contributed by atoms with E-state index in [9.17, 15) is 9.59 Å². The zero-order valence-electron chi connectivity index (χ0n) is 25.1. The monoisotopic (exact) mass is 632 g/mol. The van der Waals surface area contributed by atoms with Crippen LogP contribution in [0.1, 0.15) is 0 Å².